The van der Waals surface area contributed by atoms with Gasteiger partial charge in [0.1, 0.15) is 0 Å². The highest BCUT2D eigenvalue weighted by Gasteiger charge is 2.14. The lowest BCUT2D eigenvalue weighted by Crippen LogP contribution is -2.13. The van der Waals surface area contributed by atoms with Gasteiger partial charge < -0.3 is 5.32 Å². The van der Waals surface area contributed by atoms with Crippen LogP contribution in [0.2, 0.25) is 0 Å². The van der Waals surface area contributed by atoms with Gasteiger partial charge in [0.2, 0.25) is 5.91 Å². The van der Waals surface area contributed by atoms with E-state index in [-0.39, 0.29) is 10.8 Å². The molecule has 0 saturated carbocycles. The summed E-state index contributed by atoms with van der Waals surface area (Å²) in [5.74, 6) is -0.285. The van der Waals surface area contributed by atoms with E-state index >= 15 is 0 Å². The summed E-state index contributed by atoms with van der Waals surface area (Å²) >= 11 is 0. The molecule has 2 aromatic carbocycles. The molecule has 0 heterocycles. The predicted octanol–water partition coefficient (Wildman–Crippen LogP) is 4.18. The lowest BCUT2D eigenvalue weighted by Gasteiger charge is -2.10. The van der Waals surface area contributed by atoms with E-state index in [1.165, 1.54) is 18.2 Å². The minimum atomic E-state index is -3.69. The fraction of sp³-hybridized carbons (Fsp3) is 0.150. The number of anilines is 2. The smallest absolute Gasteiger partial charge is 0.261 e. The van der Waals surface area contributed by atoms with E-state index in [4.69, 9.17) is 0 Å². The lowest BCUT2D eigenvalue weighted by atomic mass is 10.1. The molecule has 5 nitrogen and oxygen atoms in total. The number of nitrogens with one attached hydrogen (secondary N) is 2. The molecular formula is C20H22N2O3S. The van der Waals surface area contributed by atoms with Crippen LogP contribution in [0.5, 0.6) is 0 Å². The van der Waals surface area contributed by atoms with Gasteiger partial charge in [-0.25, -0.2) is 8.42 Å². The maximum atomic E-state index is 12.5. The molecule has 2 N–H and O–H groups in total. The highest BCUT2D eigenvalue weighted by atomic mass is 32.2. The van der Waals surface area contributed by atoms with Gasteiger partial charge in [-0.15, -0.1) is 0 Å². The zero-order chi connectivity index (χ0) is 19.2. The largest absolute Gasteiger partial charge is 0.323 e. The summed E-state index contributed by atoms with van der Waals surface area (Å²) in [5.41, 5.74) is 3.13. The van der Waals surface area contributed by atoms with Gasteiger partial charge in [0.05, 0.1) is 4.90 Å². The second-order valence-electron chi connectivity index (χ2n) is 5.80. The number of aryl methyl sites for hydroxylation is 2. The van der Waals surface area contributed by atoms with E-state index in [1.807, 2.05) is 32.9 Å². The van der Waals surface area contributed by atoms with Gasteiger partial charge >= 0.3 is 0 Å². The van der Waals surface area contributed by atoms with Crippen molar-refractivity contribution in [3.8, 4) is 0 Å². The number of amides is 1. The van der Waals surface area contributed by atoms with E-state index in [1.54, 1.807) is 36.4 Å². The van der Waals surface area contributed by atoms with Crippen LogP contribution in [0.4, 0.5) is 11.4 Å². The normalized spacial score (nSPS) is 11.8. The van der Waals surface area contributed by atoms with Crippen molar-refractivity contribution in [2.75, 3.05) is 10.0 Å². The third-order valence-corrected chi connectivity index (χ3v) is 5.14. The third-order valence-electron chi connectivity index (χ3n) is 3.74. The number of carbonyl (C=O) groups excluding carboxylic acids is 1. The Kier molecular flexibility index (Phi) is 6.36. The molecule has 6 heteroatoms. The average molecular weight is 370 g/mol. The van der Waals surface area contributed by atoms with Crippen LogP contribution in [0.1, 0.15) is 18.1 Å². The van der Waals surface area contributed by atoms with Crippen molar-refractivity contribution < 1.29 is 13.2 Å². The Balaban J connectivity index is 2.10. The van der Waals surface area contributed by atoms with Gasteiger partial charge in [-0.3, -0.25) is 9.52 Å². The highest BCUT2D eigenvalue weighted by molar-refractivity contribution is 7.92. The molecule has 0 aliphatic heterocycles. The Morgan fingerprint density at radius 3 is 2.19 bits per heavy atom. The number of hydrogen-bond acceptors (Lipinski definition) is 3. The van der Waals surface area contributed by atoms with Crippen LogP contribution in [0, 0.1) is 13.8 Å². The van der Waals surface area contributed by atoms with E-state index in [0.29, 0.717) is 11.4 Å². The number of carbonyl (C=O) groups is 1. The zero-order valence-corrected chi connectivity index (χ0v) is 15.8. The monoisotopic (exact) mass is 370 g/mol. The first-order valence-electron chi connectivity index (χ1n) is 8.12. The Bertz CT molecular complexity index is 944. The summed E-state index contributed by atoms with van der Waals surface area (Å²) in [6.45, 7) is 5.75. The number of benzene rings is 2. The zero-order valence-electron chi connectivity index (χ0n) is 15.0. The molecule has 0 unspecified atom stereocenters. The molecule has 0 atom stereocenters. The van der Waals surface area contributed by atoms with Crippen LogP contribution < -0.4 is 10.0 Å². The molecule has 0 spiro atoms. The maximum absolute atomic E-state index is 12.5. The highest BCUT2D eigenvalue weighted by Crippen LogP contribution is 2.20. The summed E-state index contributed by atoms with van der Waals surface area (Å²) in [6.07, 6.45) is 6.58. The van der Waals surface area contributed by atoms with Crippen LogP contribution in [0.25, 0.3) is 0 Å². The van der Waals surface area contributed by atoms with Crippen molar-refractivity contribution in [3.05, 3.63) is 77.9 Å². The van der Waals surface area contributed by atoms with Gasteiger partial charge in [-0.2, -0.15) is 0 Å². The van der Waals surface area contributed by atoms with Crippen LogP contribution >= 0.6 is 0 Å². The van der Waals surface area contributed by atoms with Crippen LogP contribution in [0.15, 0.2) is 71.7 Å². The van der Waals surface area contributed by atoms with Crippen molar-refractivity contribution >= 4 is 27.3 Å². The number of hydrogen-bond donors (Lipinski definition) is 2. The first-order chi connectivity index (χ1) is 12.3. The van der Waals surface area contributed by atoms with Crippen molar-refractivity contribution in [1.82, 2.24) is 0 Å². The Labute approximate surface area is 154 Å². The standard InChI is InChI=1S/C20H22N2O3S/c1-4-5-6-7-20(23)21-17-10-12-19(13-11-17)26(24,25)22-18-9-8-15(2)16(3)14-18/h4-14,22H,1-3H3,(H,21,23)/b5-4+,7-6+. The van der Waals surface area contributed by atoms with Gasteiger partial charge in [0.15, 0.2) is 0 Å². The summed E-state index contributed by atoms with van der Waals surface area (Å²) in [5, 5.41) is 2.67. The second-order valence-corrected chi connectivity index (χ2v) is 7.49. The fourth-order valence-corrected chi connectivity index (χ4v) is 3.22. The Hall–Kier alpha value is -2.86. The molecular weight excluding hydrogens is 348 g/mol. The van der Waals surface area contributed by atoms with Gasteiger partial charge in [-0.1, -0.05) is 24.3 Å². The Morgan fingerprint density at radius 2 is 1.58 bits per heavy atom. The van der Waals surface area contributed by atoms with E-state index in [2.05, 4.69) is 10.0 Å². The van der Waals surface area contributed by atoms with Gasteiger partial charge in [0.25, 0.3) is 10.0 Å². The molecule has 26 heavy (non-hydrogen) atoms. The van der Waals surface area contributed by atoms with Gasteiger partial charge in [0, 0.05) is 17.5 Å². The van der Waals surface area contributed by atoms with Crippen LogP contribution in [0.3, 0.4) is 0 Å². The summed E-state index contributed by atoms with van der Waals surface area (Å²) in [7, 11) is -3.69. The number of sulfonamides is 1. The van der Waals surface area contributed by atoms with Crippen LogP contribution in [-0.2, 0) is 14.8 Å². The van der Waals surface area contributed by atoms with E-state index < -0.39 is 10.0 Å². The molecule has 0 bridgehead atoms. The molecule has 0 aliphatic carbocycles. The molecule has 2 aromatic rings. The molecule has 136 valence electrons. The van der Waals surface area contributed by atoms with Crippen molar-refractivity contribution in [2.24, 2.45) is 0 Å². The molecule has 1 amide bonds. The summed E-state index contributed by atoms with van der Waals surface area (Å²) < 4.78 is 27.5. The molecule has 0 saturated heterocycles. The predicted molar refractivity (Wildman–Crippen MR) is 106 cm³/mol. The average Bonchev–Trinajstić information content (AvgIpc) is 2.59. The van der Waals surface area contributed by atoms with Crippen LogP contribution in [-0.4, -0.2) is 14.3 Å². The van der Waals surface area contributed by atoms with Crippen molar-refractivity contribution in [1.29, 1.82) is 0 Å². The maximum Gasteiger partial charge on any atom is 0.261 e. The fourth-order valence-electron chi connectivity index (χ4n) is 2.17. The second kappa shape index (κ2) is 8.49. The lowest BCUT2D eigenvalue weighted by molar-refractivity contribution is -0.111. The first-order valence-corrected chi connectivity index (χ1v) is 9.60. The quantitative estimate of drug-likeness (QED) is 0.592. The SMILES string of the molecule is C/C=C/C=C/C(=O)Nc1ccc(S(=O)(=O)Nc2ccc(C)c(C)c2)cc1. The Morgan fingerprint density at radius 1 is 0.923 bits per heavy atom. The molecule has 0 aromatic heterocycles. The first kappa shape index (κ1) is 19.5. The molecule has 2 rings (SSSR count). The third kappa shape index (κ3) is 5.32. The summed E-state index contributed by atoms with van der Waals surface area (Å²) in [6, 6.07) is 11.4. The topological polar surface area (TPSA) is 75.3 Å². The minimum Gasteiger partial charge on any atom is -0.323 e. The minimum absolute atomic E-state index is 0.123. The van der Waals surface area contributed by atoms with Crippen molar-refractivity contribution in [3.63, 3.8) is 0 Å². The van der Waals surface area contributed by atoms with E-state index in [0.717, 1.165) is 11.1 Å². The number of rotatable bonds is 6. The summed E-state index contributed by atoms with van der Waals surface area (Å²) in [4.78, 5) is 11.8. The van der Waals surface area contributed by atoms with E-state index in [9.17, 15) is 13.2 Å². The molecule has 0 aliphatic rings. The van der Waals surface area contributed by atoms with Gasteiger partial charge in [-0.05, 0) is 68.3 Å². The molecule has 0 fully saturated rings. The van der Waals surface area contributed by atoms with Crippen molar-refractivity contribution in [2.45, 2.75) is 25.7 Å². The molecule has 0 radical (unpaired) electrons. The number of allylic oxidation sites excluding steroid dienone is 3.